The summed E-state index contributed by atoms with van der Waals surface area (Å²) >= 11 is 0. The van der Waals surface area contributed by atoms with Crippen molar-refractivity contribution < 1.29 is 5.11 Å². The number of benzene rings is 1. The van der Waals surface area contributed by atoms with Crippen molar-refractivity contribution in [1.82, 2.24) is 14.5 Å². The SMILES string of the molecule is OCc1cnc(N2CCn3ccnc3C2)c2ccccc12. The number of hydrogen-bond donors (Lipinski definition) is 1. The van der Waals surface area contributed by atoms with Crippen molar-refractivity contribution in [3.63, 3.8) is 0 Å². The van der Waals surface area contributed by atoms with Crippen LogP contribution in [0.4, 0.5) is 5.82 Å². The van der Waals surface area contributed by atoms with Crippen LogP contribution in [-0.2, 0) is 19.7 Å². The Labute approximate surface area is 122 Å². The van der Waals surface area contributed by atoms with Gasteiger partial charge in [-0.05, 0) is 5.39 Å². The number of imidazole rings is 1. The zero-order valence-electron chi connectivity index (χ0n) is 11.6. The molecule has 1 N–H and O–H groups in total. The molecule has 0 amide bonds. The molecule has 0 fully saturated rings. The third kappa shape index (κ3) is 1.97. The van der Waals surface area contributed by atoms with Crippen LogP contribution in [0.3, 0.4) is 0 Å². The van der Waals surface area contributed by atoms with E-state index in [2.05, 4.69) is 25.5 Å². The Morgan fingerprint density at radius 1 is 1.10 bits per heavy atom. The van der Waals surface area contributed by atoms with E-state index in [0.29, 0.717) is 0 Å². The molecule has 0 saturated heterocycles. The van der Waals surface area contributed by atoms with Gasteiger partial charge in [-0.2, -0.15) is 0 Å². The average Bonchev–Trinajstić information content (AvgIpc) is 3.01. The number of pyridine rings is 1. The average molecular weight is 280 g/mol. The second kappa shape index (κ2) is 4.86. The van der Waals surface area contributed by atoms with Crippen LogP contribution in [-0.4, -0.2) is 26.2 Å². The summed E-state index contributed by atoms with van der Waals surface area (Å²) in [5.41, 5.74) is 0.868. The van der Waals surface area contributed by atoms with E-state index in [0.717, 1.165) is 47.6 Å². The summed E-state index contributed by atoms with van der Waals surface area (Å²) in [7, 11) is 0. The highest BCUT2D eigenvalue weighted by Crippen LogP contribution is 2.29. The first-order valence-corrected chi connectivity index (χ1v) is 7.09. The van der Waals surface area contributed by atoms with Crippen molar-refractivity contribution in [3.8, 4) is 0 Å². The van der Waals surface area contributed by atoms with E-state index in [4.69, 9.17) is 0 Å². The van der Waals surface area contributed by atoms with Crippen LogP contribution in [0, 0.1) is 0 Å². The fourth-order valence-corrected chi connectivity index (χ4v) is 2.97. The lowest BCUT2D eigenvalue weighted by atomic mass is 10.1. The molecule has 5 heteroatoms. The molecule has 0 spiro atoms. The first-order valence-electron chi connectivity index (χ1n) is 7.09. The van der Waals surface area contributed by atoms with Gasteiger partial charge in [-0.15, -0.1) is 0 Å². The van der Waals surface area contributed by atoms with Crippen LogP contribution >= 0.6 is 0 Å². The van der Waals surface area contributed by atoms with Crippen LogP contribution < -0.4 is 4.90 Å². The predicted octanol–water partition coefficient (Wildman–Crippen LogP) is 1.94. The Balaban J connectivity index is 1.81. The zero-order valence-corrected chi connectivity index (χ0v) is 11.6. The molecule has 1 aliphatic heterocycles. The first-order chi connectivity index (χ1) is 10.4. The Kier molecular flexibility index (Phi) is 2.86. The largest absolute Gasteiger partial charge is 0.392 e. The number of aromatic nitrogens is 3. The van der Waals surface area contributed by atoms with Crippen molar-refractivity contribution in [1.29, 1.82) is 0 Å². The van der Waals surface area contributed by atoms with Crippen LogP contribution in [0.25, 0.3) is 10.8 Å². The van der Waals surface area contributed by atoms with E-state index in [1.165, 1.54) is 0 Å². The molecule has 3 heterocycles. The molecule has 21 heavy (non-hydrogen) atoms. The molecule has 5 nitrogen and oxygen atoms in total. The molecule has 1 aliphatic rings. The maximum atomic E-state index is 9.47. The van der Waals surface area contributed by atoms with Crippen molar-refractivity contribution in [2.24, 2.45) is 0 Å². The van der Waals surface area contributed by atoms with Crippen molar-refractivity contribution >= 4 is 16.6 Å². The summed E-state index contributed by atoms with van der Waals surface area (Å²) in [6, 6.07) is 8.11. The highest BCUT2D eigenvalue weighted by atomic mass is 16.3. The monoisotopic (exact) mass is 280 g/mol. The molecule has 2 aromatic heterocycles. The van der Waals surface area contributed by atoms with Crippen molar-refractivity contribution in [3.05, 3.63) is 54.2 Å². The van der Waals surface area contributed by atoms with Gasteiger partial charge in [0.15, 0.2) is 0 Å². The summed E-state index contributed by atoms with van der Waals surface area (Å²) in [6.45, 7) is 2.62. The van der Waals surface area contributed by atoms with E-state index in [9.17, 15) is 5.11 Å². The fraction of sp³-hybridized carbons (Fsp3) is 0.250. The third-order valence-corrected chi connectivity index (χ3v) is 4.07. The molecule has 3 aromatic rings. The van der Waals surface area contributed by atoms with E-state index < -0.39 is 0 Å². The highest BCUT2D eigenvalue weighted by Gasteiger charge is 2.20. The predicted molar refractivity (Wildman–Crippen MR) is 80.9 cm³/mol. The number of aliphatic hydroxyl groups is 1. The Hall–Kier alpha value is -2.40. The van der Waals surface area contributed by atoms with Crippen LogP contribution in [0.15, 0.2) is 42.9 Å². The van der Waals surface area contributed by atoms with Gasteiger partial charge in [-0.1, -0.05) is 24.3 Å². The topological polar surface area (TPSA) is 54.2 Å². The molecule has 106 valence electrons. The summed E-state index contributed by atoms with van der Waals surface area (Å²) in [6.07, 6.45) is 5.64. The van der Waals surface area contributed by atoms with Crippen molar-refractivity contribution in [2.45, 2.75) is 19.7 Å². The first kappa shape index (κ1) is 12.3. The summed E-state index contributed by atoms with van der Waals surface area (Å²) in [4.78, 5) is 11.2. The Bertz CT molecular complexity index is 796. The fourth-order valence-electron chi connectivity index (χ4n) is 2.97. The lowest BCUT2D eigenvalue weighted by Gasteiger charge is -2.29. The minimum Gasteiger partial charge on any atom is -0.392 e. The van der Waals surface area contributed by atoms with Crippen LogP contribution in [0.1, 0.15) is 11.4 Å². The van der Waals surface area contributed by atoms with Gasteiger partial charge < -0.3 is 14.6 Å². The van der Waals surface area contributed by atoms with Crippen LogP contribution in [0.5, 0.6) is 0 Å². The number of nitrogens with zero attached hydrogens (tertiary/aromatic N) is 4. The molecular formula is C16H16N4O. The van der Waals surface area contributed by atoms with Gasteiger partial charge in [0.05, 0.1) is 13.2 Å². The van der Waals surface area contributed by atoms with Gasteiger partial charge in [0.25, 0.3) is 0 Å². The second-order valence-corrected chi connectivity index (χ2v) is 5.27. The molecule has 0 bridgehead atoms. The minimum atomic E-state index is 0.0121. The lowest BCUT2D eigenvalue weighted by molar-refractivity contribution is 0.283. The van der Waals surface area contributed by atoms with Gasteiger partial charge in [0, 0.05) is 42.6 Å². The Morgan fingerprint density at radius 3 is 2.81 bits per heavy atom. The number of rotatable bonds is 2. The molecule has 0 unspecified atom stereocenters. The van der Waals surface area contributed by atoms with E-state index in [1.54, 1.807) is 6.20 Å². The van der Waals surface area contributed by atoms with Crippen LogP contribution in [0.2, 0.25) is 0 Å². The minimum absolute atomic E-state index is 0.0121. The quantitative estimate of drug-likeness (QED) is 0.779. The zero-order chi connectivity index (χ0) is 14.2. The van der Waals surface area contributed by atoms with Gasteiger partial charge in [0.1, 0.15) is 11.6 Å². The molecular weight excluding hydrogens is 264 g/mol. The normalized spacial score (nSPS) is 14.4. The highest BCUT2D eigenvalue weighted by molar-refractivity contribution is 5.94. The summed E-state index contributed by atoms with van der Waals surface area (Å²) in [5.74, 6) is 2.04. The molecule has 1 aromatic carbocycles. The molecule has 0 atom stereocenters. The molecule has 0 radical (unpaired) electrons. The van der Waals surface area contributed by atoms with Gasteiger partial charge in [-0.25, -0.2) is 9.97 Å². The lowest BCUT2D eigenvalue weighted by Crippen LogP contribution is -2.34. The summed E-state index contributed by atoms with van der Waals surface area (Å²) < 4.78 is 2.18. The molecule has 0 aliphatic carbocycles. The number of hydrogen-bond acceptors (Lipinski definition) is 4. The van der Waals surface area contributed by atoms with E-state index in [-0.39, 0.29) is 6.61 Å². The number of fused-ring (bicyclic) bond motifs is 2. The maximum Gasteiger partial charge on any atom is 0.136 e. The van der Waals surface area contributed by atoms with E-state index >= 15 is 0 Å². The third-order valence-electron chi connectivity index (χ3n) is 4.07. The molecule has 0 saturated carbocycles. The number of aliphatic hydroxyl groups excluding tert-OH is 1. The standard InChI is InChI=1S/C16H16N4O/c21-11-12-9-18-16(14-4-2-1-3-13(12)14)20-8-7-19-6-5-17-15(19)10-20/h1-6,9,21H,7-8,10-11H2. The van der Waals surface area contributed by atoms with Gasteiger partial charge in [0.2, 0.25) is 0 Å². The van der Waals surface area contributed by atoms with Gasteiger partial charge in [-0.3, -0.25) is 0 Å². The maximum absolute atomic E-state index is 9.47. The second-order valence-electron chi connectivity index (χ2n) is 5.27. The summed E-state index contributed by atoms with van der Waals surface area (Å²) in [5, 5.41) is 11.6. The van der Waals surface area contributed by atoms with Crippen molar-refractivity contribution in [2.75, 3.05) is 11.4 Å². The smallest absolute Gasteiger partial charge is 0.136 e. The Morgan fingerprint density at radius 2 is 1.95 bits per heavy atom. The number of anilines is 1. The molecule has 4 rings (SSSR count). The van der Waals surface area contributed by atoms with E-state index in [1.807, 2.05) is 30.6 Å². The van der Waals surface area contributed by atoms with Gasteiger partial charge >= 0.3 is 0 Å².